The van der Waals surface area contributed by atoms with Crippen molar-refractivity contribution < 1.29 is 0 Å². The van der Waals surface area contributed by atoms with Gasteiger partial charge in [0.15, 0.2) is 0 Å². The summed E-state index contributed by atoms with van der Waals surface area (Å²) < 4.78 is 0. The molecule has 0 aromatic heterocycles. The maximum atomic E-state index is 6.17. The number of benzene rings is 1. The van der Waals surface area contributed by atoms with Gasteiger partial charge in [0, 0.05) is 30.5 Å². The van der Waals surface area contributed by atoms with E-state index >= 15 is 0 Å². The summed E-state index contributed by atoms with van der Waals surface area (Å²) in [6.45, 7) is 5.22. The molecule has 2 rings (SSSR count). The third-order valence-corrected chi connectivity index (χ3v) is 3.64. The van der Waals surface area contributed by atoms with Gasteiger partial charge in [-0.05, 0) is 30.0 Å². The molecule has 0 aliphatic carbocycles. The van der Waals surface area contributed by atoms with E-state index < -0.39 is 0 Å². The van der Waals surface area contributed by atoms with Gasteiger partial charge in [0.2, 0.25) is 0 Å². The molecular weight excluding hydrogens is 229 g/mol. The van der Waals surface area contributed by atoms with Crippen LogP contribution in [-0.4, -0.2) is 23.9 Å². The van der Waals surface area contributed by atoms with Crippen LogP contribution in [0.25, 0.3) is 0 Å². The quantitative estimate of drug-likeness (QED) is 0.737. The van der Waals surface area contributed by atoms with E-state index in [9.17, 15) is 0 Å². The summed E-state index contributed by atoms with van der Waals surface area (Å²) in [5, 5.41) is 0.879. The van der Waals surface area contributed by atoms with Crippen molar-refractivity contribution in [2.24, 2.45) is 5.92 Å². The molecule has 1 fully saturated rings. The molecule has 1 aromatic carbocycles. The molecule has 1 aromatic rings. The summed E-state index contributed by atoms with van der Waals surface area (Å²) in [5.41, 5.74) is 2.43. The van der Waals surface area contributed by atoms with E-state index in [1.807, 2.05) is 6.07 Å². The second kappa shape index (κ2) is 4.73. The predicted molar refractivity (Wildman–Crippen MR) is 65.7 cm³/mol. The molecule has 0 N–H and O–H groups in total. The zero-order valence-corrected chi connectivity index (χ0v) is 10.4. The van der Waals surface area contributed by atoms with Gasteiger partial charge >= 0.3 is 0 Å². The molecule has 0 atom stereocenters. The Bertz CT molecular complexity index is 345. The molecule has 1 heterocycles. The SMILES string of the molecule is Cc1ccc(CN2CC(CCl)C2)c(Cl)c1. The number of nitrogens with zero attached hydrogens (tertiary/aromatic N) is 1. The Morgan fingerprint density at radius 3 is 2.73 bits per heavy atom. The number of rotatable bonds is 3. The molecule has 15 heavy (non-hydrogen) atoms. The number of hydrogen-bond acceptors (Lipinski definition) is 1. The topological polar surface area (TPSA) is 3.24 Å². The minimum Gasteiger partial charge on any atom is -0.298 e. The molecule has 0 amide bonds. The van der Waals surface area contributed by atoms with Crippen LogP contribution < -0.4 is 0 Å². The summed E-state index contributed by atoms with van der Waals surface area (Å²) in [6.07, 6.45) is 0. The highest BCUT2D eigenvalue weighted by Gasteiger charge is 2.25. The number of halogens is 2. The molecule has 0 saturated carbocycles. The van der Waals surface area contributed by atoms with Gasteiger partial charge in [-0.2, -0.15) is 0 Å². The molecule has 3 heteroatoms. The fourth-order valence-corrected chi connectivity index (χ4v) is 2.42. The van der Waals surface area contributed by atoms with Crippen LogP contribution in [0.1, 0.15) is 11.1 Å². The van der Waals surface area contributed by atoms with Gasteiger partial charge in [-0.25, -0.2) is 0 Å². The lowest BCUT2D eigenvalue weighted by molar-refractivity contribution is 0.107. The highest BCUT2D eigenvalue weighted by atomic mass is 35.5. The zero-order chi connectivity index (χ0) is 10.8. The molecule has 0 unspecified atom stereocenters. The van der Waals surface area contributed by atoms with Crippen LogP contribution in [-0.2, 0) is 6.54 Å². The van der Waals surface area contributed by atoms with Crippen molar-refractivity contribution in [3.8, 4) is 0 Å². The standard InChI is InChI=1S/C12H15Cl2N/c1-9-2-3-11(12(14)4-9)8-15-6-10(5-13)7-15/h2-4,10H,5-8H2,1H3. The maximum absolute atomic E-state index is 6.17. The summed E-state index contributed by atoms with van der Waals surface area (Å²) in [5.74, 6) is 1.45. The number of likely N-dealkylation sites (tertiary alicyclic amines) is 1. The summed E-state index contributed by atoms with van der Waals surface area (Å²) in [6, 6.07) is 6.25. The van der Waals surface area contributed by atoms with Crippen molar-refractivity contribution in [1.82, 2.24) is 4.90 Å². The molecule has 1 aliphatic rings. The van der Waals surface area contributed by atoms with Gasteiger partial charge in [-0.15, -0.1) is 11.6 Å². The number of hydrogen-bond donors (Lipinski definition) is 0. The van der Waals surface area contributed by atoms with Crippen molar-refractivity contribution in [2.75, 3.05) is 19.0 Å². The zero-order valence-electron chi connectivity index (χ0n) is 8.84. The van der Waals surface area contributed by atoms with E-state index in [0.29, 0.717) is 5.92 Å². The lowest BCUT2D eigenvalue weighted by Gasteiger charge is -2.38. The maximum Gasteiger partial charge on any atom is 0.0453 e. The fraction of sp³-hybridized carbons (Fsp3) is 0.500. The third-order valence-electron chi connectivity index (χ3n) is 2.85. The minimum absolute atomic E-state index is 0.677. The molecule has 82 valence electrons. The van der Waals surface area contributed by atoms with Gasteiger partial charge in [0.25, 0.3) is 0 Å². The van der Waals surface area contributed by atoms with E-state index in [2.05, 4.69) is 24.0 Å². The Kier molecular flexibility index (Phi) is 3.55. The van der Waals surface area contributed by atoms with Crippen LogP contribution in [0.4, 0.5) is 0 Å². The Labute approximate surface area is 101 Å². The first-order valence-electron chi connectivity index (χ1n) is 5.22. The predicted octanol–water partition coefficient (Wildman–Crippen LogP) is 3.32. The Morgan fingerprint density at radius 2 is 2.13 bits per heavy atom. The van der Waals surface area contributed by atoms with Gasteiger partial charge in [0.1, 0.15) is 0 Å². The van der Waals surface area contributed by atoms with E-state index in [1.54, 1.807) is 0 Å². The normalized spacial score (nSPS) is 17.8. The third kappa shape index (κ3) is 2.66. The smallest absolute Gasteiger partial charge is 0.0453 e. The average Bonchev–Trinajstić information content (AvgIpc) is 2.13. The Morgan fingerprint density at radius 1 is 1.40 bits per heavy atom. The van der Waals surface area contributed by atoms with Crippen molar-refractivity contribution in [1.29, 1.82) is 0 Å². The van der Waals surface area contributed by atoms with Gasteiger partial charge < -0.3 is 0 Å². The van der Waals surface area contributed by atoms with E-state index in [-0.39, 0.29) is 0 Å². The van der Waals surface area contributed by atoms with Crippen molar-refractivity contribution in [3.05, 3.63) is 34.3 Å². The van der Waals surface area contributed by atoms with E-state index in [0.717, 1.165) is 30.5 Å². The highest BCUT2D eigenvalue weighted by Crippen LogP contribution is 2.24. The van der Waals surface area contributed by atoms with Crippen molar-refractivity contribution >= 4 is 23.2 Å². The molecule has 0 bridgehead atoms. The lowest BCUT2D eigenvalue weighted by Crippen LogP contribution is -2.46. The second-order valence-corrected chi connectivity index (χ2v) is 5.03. The second-order valence-electron chi connectivity index (χ2n) is 4.31. The van der Waals surface area contributed by atoms with Crippen molar-refractivity contribution in [2.45, 2.75) is 13.5 Å². The highest BCUT2D eigenvalue weighted by molar-refractivity contribution is 6.31. The summed E-state index contributed by atoms with van der Waals surface area (Å²) in [4.78, 5) is 2.38. The average molecular weight is 244 g/mol. The van der Waals surface area contributed by atoms with E-state index in [1.165, 1.54) is 11.1 Å². The Balaban J connectivity index is 1.94. The molecule has 0 radical (unpaired) electrons. The minimum atomic E-state index is 0.677. The monoisotopic (exact) mass is 243 g/mol. The van der Waals surface area contributed by atoms with Gasteiger partial charge in [-0.1, -0.05) is 23.7 Å². The van der Waals surface area contributed by atoms with E-state index in [4.69, 9.17) is 23.2 Å². The first-order valence-corrected chi connectivity index (χ1v) is 6.13. The molecule has 1 aliphatic heterocycles. The Hall–Kier alpha value is -0.240. The summed E-state index contributed by atoms with van der Waals surface area (Å²) in [7, 11) is 0. The first kappa shape index (κ1) is 11.3. The van der Waals surface area contributed by atoms with Crippen LogP contribution in [0.2, 0.25) is 5.02 Å². The summed E-state index contributed by atoms with van der Waals surface area (Å²) >= 11 is 11.9. The number of aryl methyl sites for hydroxylation is 1. The van der Waals surface area contributed by atoms with Gasteiger partial charge in [0.05, 0.1) is 0 Å². The first-order chi connectivity index (χ1) is 7.19. The molecule has 1 saturated heterocycles. The van der Waals surface area contributed by atoms with Crippen LogP contribution in [0.15, 0.2) is 18.2 Å². The van der Waals surface area contributed by atoms with Crippen LogP contribution >= 0.6 is 23.2 Å². The molecule has 1 nitrogen and oxygen atoms in total. The largest absolute Gasteiger partial charge is 0.298 e. The van der Waals surface area contributed by atoms with Crippen LogP contribution in [0.5, 0.6) is 0 Å². The van der Waals surface area contributed by atoms with Crippen LogP contribution in [0.3, 0.4) is 0 Å². The van der Waals surface area contributed by atoms with Crippen molar-refractivity contribution in [3.63, 3.8) is 0 Å². The fourth-order valence-electron chi connectivity index (χ4n) is 1.92. The number of alkyl halides is 1. The van der Waals surface area contributed by atoms with Gasteiger partial charge in [-0.3, -0.25) is 4.90 Å². The molecule has 0 spiro atoms. The lowest BCUT2D eigenvalue weighted by atomic mass is 10.0. The van der Waals surface area contributed by atoms with Crippen LogP contribution in [0, 0.1) is 12.8 Å². The molecular formula is C12H15Cl2N.